The van der Waals surface area contributed by atoms with Crippen LogP contribution >= 0.6 is 0 Å². The number of rotatable bonds is 5. The van der Waals surface area contributed by atoms with Gasteiger partial charge in [-0.1, -0.05) is 0 Å². The molecule has 0 aromatic heterocycles. The monoisotopic (exact) mass is 242 g/mol. The molecule has 1 aliphatic heterocycles. The molecule has 0 aromatic carbocycles. The van der Waals surface area contributed by atoms with Gasteiger partial charge < -0.3 is 10.0 Å². The summed E-state index contributed by atoms with van der Waals surface area (Å²) in [6, 6.07) is 0.744. The maximum atomic E-state index is 11.6. The van der Waals surface area contributed by atoms with Crippen LogP contribution in [0.4, 0.5) is 0 Å². The Morgan fingerprint density at radius 2 is 2.18 bits per heavy atom. The fraction of sp³-hybridized carbons (Fsp3) is 0.923. The Balaban J connectivity index is 2.58. The van der Waals surface area contributed by atoms with E-state index in [-0.39, 0.29) is 12.5 Å². The predicted octanol–water partition coefficient (Wildman–Crippen LogP) is 1.09. The van der Waals surface area contributed by atoms with Crippen molar-refractivity contribution in [3.63, 3.8) is 0 Å². The van der Waals surface area contributed by atoms with Gasteiger partial charge >= 0.3 is 0 Å². The summed E-state index contributed by atoms with van der Waals surface area (Å²) in [6.45, 7) is 8.59. The van der Waals surface area contributed by atoms with Crippen LogP contribution in [0, 0.1) is 0 Å². The molecule has 0 bridgehead atoms. The predicted molar refractivity (Wildman–Crippen MR) is 68.8 cm³/mol. The first kappa shape index (κ1) is 14.5. The molecule has 4 heteroatoms. The summed E-state index contributed by atoms with van der Waals surface area (Å²) in [5, 5.41) is 9.07. The summed E-state index contributed by atoms with van der Waals surface area (Å²) in [4.78, 5) is 15.8. The van der Waals surface area contributed by atoms with Crippen molar-refractivity contribution in [3.05, 3.63) is 0 Å². The molecule has 1 rings (SSSR count). The minimum absolute atomic E-state index is 0.183. The van der Waals surface area contributed by atoms with Crippen LogP contribution < -0.4 is 0 Å². The van der Waals surface area contributed by atoms with E-state index in [0.717, 1.165) is 25.9 Å². The standard InChI is InChI=1S/C13H26N2O2/c1-11(2)14(8-9-16)10-13-6-4-5-7-15(13)12(3)17/h11,13,16H,4-10H2,1-3H3/t13-/m0/s1. The average molecular weight is 242 g/mol. The number of hydrogen-bond donors (Lipinski definition) is 1. The number of hydrogen-bond acceptors (Lipinski definition) is 3. The normalized spacial score (nSPS) is 21.3. The molecule has 0 spiro atoms. The molecule has 1 saturated heterocycles. The van der Waals surface area contributed by atoms with E-state index >= 15 is 0 Å². The van der Waals surface area contributed by atoms with Crippen molar-refractivity contribution in [2.45, 2.75) is 52.1 Å². The molecule has 0 unspecified atom stereocenters. The largest absolute Gasteiger partial charge is 0.395 e. The van der Waals surface area contributed by atoms with Crippen molar-refractivity contribution in [3.8, 4) is 0 Å². The van der Waals surface area contributed by atoms with Crippen molar-refractivity contribution in [1.29, 1.82) is 0 Å². The first-order valence-corrected chi connectivity index (χ1v) is 6.68. The minimum Gasteiger partial charge on any atom is -0.395 e. The Bertz CT molecular complexity index is 244. The number of aliphatic hydroxyl groups is 1. The van der Waals surface area contributed by atoms with E-state index in [9.17, 15) is 4.79 Å². The number of aliphatic hydroxyl groups excluding tert-OH is 1. The zero-order valence-corrected chi connectivity index (χ0v) is 11.4. The number of piperidine rings is 1. The molecule has 0 saturated carbocycles. The Morgan fingerprint density at radius 1 is 1.47 bits per heavy atom. The summed E-state index contributed by atoms with van der Waals surface area (Å²) in [6.07, 6.45) is 3.42. The fourth-order valence-electron chi connectivity index (χ4n) is 2.56. The quantitative estimate of drug-likeness (QED) is 0.785. The van der Waals surface area contributed by atoms with Gasteiger partial charge in [0.15, 0.2) is 0 Å². The molecule has 1 fully saturated rings. The molecular weight excluding hydrogens is 216 g/mol. The molecule has 1 amide bonds. The Hall–Kier alpha value is -0.610. The van der Waals surface area contributed by atoms with E-state index in [1.165, 1.54) is 6.42 Å². The minimum atomic E-state index is 0.183. The third-order valence-electron chi connectivity index (χ3n) is 3.59. The Kier molecular flexibility index (Phi) is 5.92. The molecule has 4 nitrogen and oxygen atoms in total. The second-order valence-corrected chi connectivity index (χ2v) is 5.17. The maximum Gasteiger partial charge on any atom is 0.219 e. The van der Waals surface area contributed by atoms with Crippen molar-refractivity contribution in [1.82, 2.24) is 9.80 Å². The van der Waals surface area contributed by atoms with Crippen LogP contribution in [0.15, 0.2) is 0 Å². The van der Waals surface area contributed by atoms with Gasteiger partial charge in [-0.15, -0.1) is 0 Å². The van der Waals surface area contributed by atoms with Gasteiger partial charge in [-0.05, 0) is 33.1 Å². The van der Waals surface area contributed by atoms with E-state index < -0.39 is 0 Å². The average Bonchev–Trinajstić information content (AvgIpc) is 2.28. The van der Waals surface area contributed by atoms with E-state index in [1.807, 2.05) is 4.90 Å². The molecule has 0 aliphatic carbocycles. The highest BCUT2D eigenvalue weighted by molar-refractivity contribution is 5.73. The Labute approximate surface area is 105 Å². The van der Waals surface area contributed by atoms with Crippen molar-refractivity contribution in [2.75, 3.05) is 26.2 Å². The highest BCUT2D eigenvalue weighted by Crippen LogP contribution is 2.18. The summed E-state index contributed by atoms with van der Waals surface area (Å²) < 4.78 is 0. The smallest absolute Gasteiger partial charge is 0.219 e. The van der Waals surface area contributed by atoms with E-state index in [1.54, 1.807) is 6.92 Å². The van der Waals surface area contributed by atoms with Gasteiger partial charge in [0.25, 0.3) is 0 Å². The number of carbonyl (C=O) groups excluding carboxylic acids is 1. The lowest BCUT2D eigenvalue weighted by Gasteiger charge is -2.39. The molecule has 1 N–H and O–H groups in total. The summed E-state index contributed by atoms with van der Waals surface area (Å²) in [5.74, 6) is 0.183. The third-order valence-corrected chi connectivity index (χ3v) is 3.59. The van der Waals surface area contributed by atoms with E-state index in [2.05, 4.69) is 18.7 Å². The highest BCUT2D eigenvalue weighted by atomic mass is 16.3. The van der Waals surface area contributed by atoms with E-state index in [0.29, 0.717) is 18.6 Å². The molecule has 1 atom stereocenters. The lowest BCUT2D eigenvalue weighted by Crippen LogP contribution is -2.50. The molecule has 100 valence electrons. The lowest BCUT2D eigenvalue weighted by molar-refractivity contribution is -0.133. The third kappa shape index (κ3) is 4.28. The van der Waals surface area contributed by atoms with Crippen LogP contribution in [0.2, 0.25) is 0 Å². The van der Waals surface area contributed by atoms with Crippen LogP contribution in [0.25, 0.3) is 0 Å². The fourth-order valence-corrected chi connectivity index (χ4v) is 2.56. The second kappa shape index (κ2) is 6.97. The molecule has 0 radical (unpaired) electrons. The van der Waals surface area contributed by atoms with Crippen molar-refractivity contribution < 1.29 is 9.90 Å². The first-order valence-electron chi connectivity index (χ1n) is 6.68. The van der Waals surface area contributed by atoms with Gasteiger partial charge in [0, 0.05) is 38.6 Å². The van der Waals surface area contributed by atoms with Gasteiger partial charge in [-0.2, -0.15) is 0 Å². The zero-order chi connectivity index (χ0) is 12.8. The van der Waals surface area contributed by atoms with Gasteiger partial charge in [0.05, 0.1) is 6.61 Å². The van der Waals surface area contributed by atoms with E-state index in [4.69, 9.17) is 5.11 Å². The molecular formula is C13H26N2O2. The van der Waals surface area contributed by atoms with Gasteiger partial charge in [-0.25, -0.2) is 0 Å². The summed E-state index contributed by atoms with van der Waals surface area (Å²) >= 11 is 0. The summed E-state index contributed by atoms with van der Waals surface area (Å²) in [5.41, 5.74) is 0. The second-order valence-electron chi connectivity index (χ2n) is 5.17. The van der Waals surface area contributed by atoms with Crippen LogP contribution in [0.5, 0.6) is 0 Å². The number of carbonyl (C=O) groups is 1. The highest BCUT2D eigenvalue weighted by Gasteiger charge is 2.26. The zero-order valence-electron chi connectivity index (χ0n) is 11.4. The van der Waals surface area contributed by atoms with Crippen LogP contribution in [0.3, 0.4) is 0 Å². The van der Waals surface area contributed by atoms with Crippen LogP contribution in [0.1, 0.15) is 40.0 Å². The van der Waals surface area contributed by atoms with Crippen LogP contribution in [-0.4, -0.2) is 59.1 Å². The maximum absolute atomic E-state index is 11.6. The number of amides is 1. The summed E-state index contributed by atoms with van der Waals surface area (Å²) in [7, 11) is 0. The molecule has 0 aromatic rings. The van der Waals surface area contributed by atoms with Crippen molar-refractivity contribution >= 4 is 5.91 Å². The molecule has 1 heterocycles. The van der Waals surface area contributed by atoms with Gasteiger partial charge in [0.1, 0.15) is 0 Å². The first-order chi connectivity index (χ1) is 8.06. The molecule has 1 aliphatic rings. The Morgan fingerprint density at radius 3 is 2.71 bits per heavy atom. The SMILES string of the molecule is CC(=O)N1CCCC[C@H]1CN(CCO)C(C)C. The lowest BCUT2D eigenvalue weighted by atomic mass is 10.0. The number of likely N-dealkylation sites (tertiary alicyclic amines) is 1. The van der Waals surface area contributed by atoms with Gasteiger partial charge in [-0.3, -0.25) is 9.69 Å². The van der Waals surface area contributed by atoms with Crippen molar-refractivity contribution in [2.24, 2.45) is 0 Å². The topological polar surface area (TPSA) is 43.8 Å². The van der Waals surface area contributed by atoms with Gasteiger partial charge in [0.2, 0.25) is 5.91 Å². The number of nitrogens with zero attached hydrogens (tertiary/aromatic N) is 2. The van der Waals surface area contributed by atoms with Crippen LogP contribution in [-0.2, 0) is 4.79 Å². The molecule has 17 heavy (non-hydrogen) atoms.